The standard InChI is InChI=1S/C21H25NO4/c1-15-9-10-19(16(2)13-15)26-12-11-20(23)22-18(14-21(24)25-3)17-7-5-4-6-8-17/h4-10,13,18H,11-12,14H2,1-3H3,(H,22,23)/t18-/m0/s1. The van der Waals surface area contributed by atoms with Crippen LogP contribution >= 0.6 is 0 Å². The fourth-order valence-electron chi connectivity index (χ4n) is 2.67. The fourth-order valence-corrected chi connectivity index (χ4v) is 2.67. The van der Waals surface area contributed by atoms with Crippen LogP contribution in [0.3, 0.4) is 0 Å². The van der Waals surface area contributed by atoms with Crippen LogP contribution in [0.15, 0.2) is 48.5 Å². The Labute approximate surface area is 154 Å². The second kappa shape index (κ2) is 9.61. The number of hydrogen-bond donors (Lipinski definition) is 1. The largest absolute Gasteiger partial charge is 0.493 e. The van der Waals surface area contributed by atoms with Crippen LogP contribution in [0.4, 0.5) is 0 Å². The molecule has 5 heteroatoms. The number of hydrogen-bond acceptors (Lipinski definition) is 4. The SMILES string of the molecule is COC(=O)C[C@H](NC(=O)CCOc1ccc(C)cc1C)c1ccccc1. The van der Waals surface area contributed by atoms with E-state index in [0.717, 1.165) is 16.9 Å². The number of nitrogens with one attached hydrogen (secondary N) is 1. The Morgan fingerprint density at radius 2 is 1.81 bits per heavy atom. The van der Waals surface area contributed by atoms with E-state index in [-0.39, 0.29) is 31.3 Å². The highest BCUT2D eigenvalue weighted by molar-refractivity contribution is 5.78. The van der Waals surface area contributed by atoms with Gasteiger partial charge in [0.25, 0.3) is 0 Å². The number of carbonyl (C=O) groups is 2. The summed E-state index contributed by atoms with van der Waals surface area (Å²) in [4.78, 5) is 23.9. The first-order chi connectivity index (χ1) is 12.5. The molecule has 5 nitrogen and oxygen atoms in total. The summed E-state index contributed by atoms with van der Waals surface area (Å²) in [6, 6.07) is 14.9. The summed E-state index contributed by atoms with van der Waals surface area (Å²) in [6.07, 6.45) is 0.294. The van der Waals surface area contributed by atoms with Gasteiger partial charge in [0.2, 0.25) is 5.91 Å². The van der Waals surface area contributed by atoms with Crippen LogP contribution in [0.2, 0.25) is 0 Å². The van der Waals surface area contributed by atoms with Crippen LogP contribution in [-0.2, 0) is 14.3 Å². The number of esters is 1. The number of methoxy groups -OCH3 is 1. The summed E-state index contributed by atoms with van der Waals surface area (Å²) in [7, 11) is 1.34. The van der Waals surface area contributed by atoms with Crippen molar-refractivity contribution in [3.63, 3.8) is 0 Å². The Bertz CT molecular complexity index is 743. The van der Waals surface area contributed by atoms with Crippen LogP contribution in [0, 0.1) is 13.8 Å². The van der Waals surface area contributed by atoms with E-state index in [1.54, 1.807) is 0 Å². The second-order valence-electron chi connectivity index (χ2n) is 6.18. The number of amides is 1. The molecule has 0 saturated carbocycles. The van der Waals surface area contributed by atoms with Gasteiger partial charge in [-0.3, -0.25) is 9.59 Å². The van der Waals surface area contributed by atoms with Gasteiger partial charge in [-0.2, -0.15) is 0 Å². The average molecular weight is 355 g/mol. The Hall–Kier alpha value is -2.82. The molecule has 0 aromatic heterocycles. The molecule has 2 rings (SSSR count). The van der Waals surface area contributed by atoms with Crippen LogP contribution < -0.4 is 10.1 Å². The molecule has 1 N–H and O–H groups in total. The first-order valence-electron chi connectivity index (χ1n) is 8.60. The van der Waals surface area contributed by atoms with Crippen molar-refractivity contribution in [2.24, 2.45) is 0 Å². The summed E-state index contributed by atoms with van der Waals surface area (Å²) in [6.45, 7) is 4.27. The van der Waals surface area contributed by atoms with Gasteiger partial charge in [0, 0.05) is 0 Å². The van der Waals surface area contributed by atoms with Gasteiger partial charge in [0.05, 0.1) is 32.6 Å². The molecule has 0 unspecified atom stereocenters. The number of ether oxygens (including phenoxy) is 2. The van der Waals surface area contributed by atoms with Gasteiger partial charge >= 0.3 is 5.97 Å². The molecular weight excluding hydrogens is 330 g/mol. The van der Waals surface area contributed by atoms with E-state index in [1.165, 1.54) is 12.7 Å². The lowest BCUT2D eigenvalue weighted by atomic mass is 10.0. The smallest absolute Gasteiger partial charge is 0.307 e. The Kier molecular flexibility index (Phi) is 7.21. The maximum Gasteiger partial charge on any atom is 0.307 e. The number of carbonyl (C=O) groups excluding carboxylic acids is 2. The summed E-state index contributed by atoms with van der Waals surface area (Å²) < 4.78 is 10.4. The maximum atomic E-state index is 12.3. The molecule has 2 aromatic carbocycles. The van der Waals surface area contributed by atoms with E-state index in [0.29, 0.717) is 0 Å². The number of aryl methyl sites for hydroxylation is 2. The monoisotopic (exact) mass is 355 g/mol. The number of rotatable bonds is 8. The molecule has 0 spiro atoms. The molecule has 0 fully saturated rings. The lowest BCUT2D eigenvalue weighted by Gasteiger charge is -2.18. The Morgan fingerprint density at radius 1 is 1.08 bits per heavy atom. The van der Waals surface area contributed by atoms with Crippen molar-refractivity contribution in [3.05, 3.63) is 65.2 Å². The first kappa shape index (κ1) is 19.5. The van der Waals surface area contributed by atoms with Gasteiger partial charge in [-0.05, 0) is 31.0 Å². The minimum atomic E-state index is -0.419. The molecule has 1 atom stereocenters. The molecule has 0 aliphatic heterocycles. The molecule has 0 aliphatic carbocycles. The van der Waals surface area contributed by atoms with Crippen molar-refractivity contribution in [2.75, 3.05) is 13.7 Å². The molecule has 0 saturated heterocycles. The molecule has 1 amide bonds. The van der Waals surface area contributed by atoms with Gasteiger partial charge in [0.15, 0.2) is 0 Å². The third-order valence-corrected chi connectivity index (χ3v) is 4.05. The maximum absolute atomic E-state index is 12.3. The van der Waals surface area contributed by atoms with Crippen LogP contribution in [0.25, 0.3) is 0 Å². The van der Waals surface area contributed by atoms with E-state index in [9.17, 15) is 9.59 Å². The predicted octanol–water partition coefficient (Wildman–Crippen LogP) is 3.49. The summed E-state index contributed by atoms with van der Waals surface area (Å²) in [5.41, 5.74) is 3.07. The van der Waals surface area contributed by atoms with Crippen molar-refractivity contribution < 1.29 is 19.1 Å². The highest BCUT2D eigenvalue weighted by Gasteiger charge is 2.18. The summed E-state index contributed by atoms with van der Waals surface area (Å²) >= 11 is 0. The van der Waals surface area contributed by atoms with Crippen LogP contribution in [-0.4, -0.2) is 25.6 Å². The minimum absolute atomic E-state index is 0.0875. The van der Waals surface area contributed by atoms with Crippen molar-refractivity contribution in [1.82, 2.24) is 5.32 Å². The average Bonchev–Trinajstić information content (AvgIpc) is 2.63. The van der Waals surface area contributed by atoms with Crippen molar-refractivity contribution >= 4 is 11.9 Å². The molecule has 26 heavy (non-hydrogen) atoms. The topological polar surface area (TPSA) is 64.6 Å². The lowest BCUT2D eigenvalue weighted by molar-refractivity contribution is -0.141. The highest BCUT2D eigenvalue weighted by atomic mass is 16.5. The lowest BCUT2D eigenvalue weighted by Crippen LogP contribution is -2.31. The summed E-state index contributed by atoms with van der Waals surface area (Å²) in [5.74, 6) is 0.232. The molecule has 0 heterocycles. The highest BCUT2D eigenvalue weighted by Crippen LogP contribution is 2.19. The van der Waals surface area contributed by atoms with E-state index in [1.807, 2.05) is 62.4 Å². The zero-order chi connectivity index (χ0) is 18.9. The van der Waals surface area contributed by atoms with Crippen molar-refractivity contribution in [1.29, 1.82) is 0 Å². The zero-order valence-electron chi connectivity index (χ0n) is 15.5. The van der Waals surface area contributed by atoms with E-state index in [2.05, 4.69) is 5.32 Å². The fraction of sp³-hybridized carbons (Fsp3) is 0.333. The van der Waals surface area contributed by atoms with Crippen LogP contribution in [0.1, 0.15) is 35.6 Å². The van der Waals surface area contributed by atoms with Crippen LogP contribution in [0.5, 0.6) is 5.75 Å². The molecule has 0 aliphatic rings. The predicted molar refractivity (Wildman–Crippen MR) is 100.0 cm³/mol. The second-order valence-corrected chi connectivity index (χ2v) is 6.18. The third kappa shape index (κ3) is 5.92. The Morgan fingerprint density at radius 3 is 2.46 bits per heavy atom. The molecule has 2 aromatic rings. The molecule has 0 radical (unpaired) electrons. The van der Waals surface area contributed by atoms with Gasteiger partial charge in [-0.25, -0.2) is 0 Å². The zero-order valence-corrected chi connectivity index (χ0v) is 15.5. The molecule has 0 bridgehead atoms. The summed E-state index contributed by atoms with van der Waals surface area (Å²) in [5, 5.41) is 2.89. The van der Waals surface area contributed by atoms with Crippen molar-refractivity contribution in [2.45, 2.75) is 32.7 Å². The Balaban J connectivity index is 1.91. The quantitative estimate of drug-likeness (QED) is 0.736. The van der Waals surface area contributed by atoms with E-state index >= 15 is 0 Å². The van der Waals surface area contributed by atoms with Crippen molar-refractivity contribution in [3.8, 4) is 5.75 Å². The number of benzene rings is 2. The van der Waals surface area contributed by atoms with Gasteiger partial charge in [0.1, 0.15) is 5.75 Å². The van der Waals surface area contributed by atoms with E-state index < -0.39 is 6.04 Å². The normalized spacial score (nSPS) is 11.5. The third-order valence-electron chi connectivity index (χ3n) is 4.05. The van der Waals surface area contributed by atoms with E-state index in [4.69, 9.17) is 9.47 Å². The van der Waals surface area contributed by atoms with Gasteiger partial charge < -0.3 is 14.8 Å². The minimum Gasteiger partial charge on any atom is -0.493 e. The van der Waals surface area contributed by atoms with Gasteiger partial charge in [-0.1, -0.05) is 48.0 Å². The van der Waals surface area contributed by atoms with Gasteiger partial charge in [-0.15, -0.1) is 0 Å². The first-order valence-corrected chi connectivity index (χ1v) is 8.60. The molecule has 138 valence electrons. The molecular formula is C21H25NO4.